The number of hydrogen-bond acceptors (Lipinski definition) is 1. The Balaban J connectivity index is 1.82. The van der Waals surface area contributed by atoms with Gasteiger partial charge in [-0.15, -0.1) is 0 Å². The number of benzene rings is 1. The van der Waals surface area contributed by atoms with Gasteiger partial charge < -0.3 is 5.43 Å². The van der Waals surface area contributed by atoms with Crippen molar-refractivity contribution < 1.29 is 0 Å². The maximum atomic E-state index is 3.58. The predicted octanol–water partition coefficient (Wildman–Crippen LogP) is 3.90. The molecule has 19 heavy (non-hydrogen) atoms. The number of rotatable bonds is 3. The highest BCUT2D eigenvalue weighted by atomic mass is 15.4. The van der Waals surface area contributed by atoms with Gasteiger partial charge in [0.15, 0.2) is 0 Å². The maximum absolute atomic E-state index is 3.58. The molecule has 2 aromatic rings. The van der Waals surface area contributed by atoms with Crippen LogP contribution in [0.3, 0.4) is 0 Å². The van der Waals surface area contributed by atoms with Crippen molar-refractivity contribution in [2.75, 3.05) is 5.43 Å². The molecule has 0 amide bonds. The summed E-state index contributed by atoms with van der Waals surface area (Å²) >= 11 is 0. The summed E-state index contributed by atoms with van der Waals surface area (Å²) in [7, 11) is 0. The van der Waals surface area contributed by atoms with Crippen molar-refractivity contribution >= 4 is 0 Å². The van der Waals surface area contributed by atoms with Gasteiger partial charge in [-0.3, -0.25) is 4.68 Å². The van der Waals surface area contributed by atoms with Crippen LogP contribution in [0, 0.1) is 13.8 Å². The third-order valence-electron chi connectivity index (χ3n) is 4.22. The second-order valence-corrected chi connectivity index (χ2v) is 5.68. The second-order valence-electron chi connectivity index (χ2n) is 5.68. The summed E-state index contributed by atoms with van der Waals surface area (Å²) in [6.07, 6.45) is 3.82. The summed E-state index contributed by atoms with van der Waals surface area (Å²) in [6.45, 7) is 6.50. The fourth-order valence-electron chi connectivity index (χ4n) is 3.00. The van der Waals surface area contributed by atoms with E-state index in [1.54, 1.807) is 11.1 Å². The van der Waals surface area contributed by atoms with Gasteiger partial charge in [0, 0.05) is 11.4 Å². The van der Waals surface area contributed by atoms with Crippen molar-refractivity contribution in [3.8, 4) is 0 Å². The van der Waals surface area contributed by atoms with Crippen molar-refractivity contribution in [3.05, 3.63) is 58.4 Å². The van der Waals surface area contributed by atoms with Crippen LogP contribution >= 0.6 is 0 Å². The van der Waals surface area contributed by atoms with Gasteiger partial charge in [-0.1, -0.05) is 18.2 Å². The highest BCUT2D eigenvalue weighted by Crippen LogP contribution is 2.26. The molecule has 1 aromatic carbocycles. The van der Waals surface area contributed by atoms with E-state index >= 15 is 0 Å². The molecule has 1 unspecified atom stereocenters. The van der Waals surface area contributed by atoms with Gasteiger partial charge in [-0.25, -0.2) is 0 Å². The minimum Gasteiger partial charge on any atom is -0.319 e. The molecule has 0 radical (unpaired) electrons. The number of aromatic nitrogens is 1. The molecule has 3 rings (SSSR count). The summed E-state index contributed by atoms with van der Waals surface area (Å²) in [5.41, 5.74) is 10.6. The van der Waals surface area contributed by atoms with Gasteiger partial charge in [0.05, 0.1) is 6.04 Å². The molecule has 2 heteroatoms. The number of aryl methyl sites for hydroxylation is 4. The lowest BCUT2D eigenvalue weighted by Crippen LogP contribution is -2.21. The third-order valence-corrected chi connectivity index (χ3v) is 4.22. The fraction of sp³-hybridized carbons (Fsp3) is 0.412. The Morgan fingerprint density at radius 3 is 2.42 bits per heavy atom. The summed E-state index contributed by atoms with van der Waals surface area (Å²) in [4.78, 5) is 0. The van der Waals surface area contributed by atoms with Crippen molar-refractivity contribution in [3.63, 3.8) is 0 Å². The Hall–Kier alpha value is -1.70. The van der Waals surface area contributed by atoms with Crippen molar-refractivity contribution in [2.45, 2.75) is 46.1 Å². The summed E-state index contributed by atoms with van der Waals surface area (Å²) in [5.74, 6) is 0. The first-order valence-electron chi connectivity index (χ1n) is 7.18. The van der Waals surface area contributed by atoms with Crippen LogP contribution in [0.15, 0.2) is 30.3 Å². The van der Waals surface area contributed by atoms with E-state index < -0.39 is 0 Å². The van der Waals surface area contributed by atoms with Crippen molar-refractivity contribution in [1.29, 1.82) is 0 Å². The molecule has 1 aliphatic carbocycles. The van der Waals surface area contributed by atoms with E-state index in [9.17, 15) is 0 Å². The van der Waals surface area contributed by atoms with E-state index in [1.165, 1.54) is 36.2 Å². The number of nitrogens with zero attached hydrogens (tertiary/aromatic N) is 1. The Kier molecular flexibility index (Phi) is 3.09. The van der Waals surface area contributed by atoms with Crippen LogP contribution in [-0.2, 0) is 12.8 Å². The lowest BCUT2D eigenvalue weighted by atomic mass is 10.0. The van der Waals surface area contributed by atoms with E-state index in [2.05, 4.69) is 61.2 Å². The van der Waals surface area contributed by atoms with Crippen LogP contribution in [0.25, 0.3) is 0 Å². The van der Waals surface area contributed by atoms with Crippen molar-refractivity contribution in [1.82, 2.24) is 4.68 Å². The topological polar surface area (TPSA) is 17.0 Å². The normalized spacial score (nSPS) is 15.3. The molecule has 1 aromatic heterocycles. The molecule has 100 valence electrons. The molecule has 0 saturated heterocycles. The molecule has 0 fully saturated rings. The smallest absolute Gasteiger partial charge is 0.0645 e. The van der Waals surface area contributed by atoms with Crippen LogP contribution in [0.1, 0.15) is 47.5 Å². The molecule has 0 aliphatic heterocycles. The van der Waals surface area contributed by atoms with E-state index in [0.717, 1.165) is 0 Å². The molecule has 1 N–H and O–H groups in total. The SMILES string of the molecule is Cc1ccc(C)n1NC(C)c1ccc2c(c1)CCC2. The van der Waals surface area contributed by atoms with Crippen LogP contribution in [0.5, 0.6) is 0 Å². The first kappa shape index (κ1) is 12.3. The zero-order valence-electron chi connectivity index (χ0n) is 12.0. The standard InChI is InChI=1S/C17H22N2/c1-12-7-8-13(2)19(12)18-14(3)16-10-9-15-5-4-6-17(15)11-16/h7-11,14,18H,4-6H2,1-3H3. The van der Waals surface area contributed by atoms with Gasteiger partial charge in [0.2, 0.25) is 0 Å². The van der Waals surface area contributed by atoms with E-state index in [1.807, 2.05) is 0 Å². The fourth-order valence-corrected chi connectivity index (χ4v) is 3.00. The van der Waals surface area contributed by atoms with Gasteiger partial charge in [-0.05, 0) is 68.9 Å². The maximum Gasteiger partial charge on any atom is 0.0645 e. The zero-order chi connectivity index (χ0) is 13.4. The molecule has 2 nitrogen and oxygen atoms in total. The molecule has 1 aliphatic rings. The van der Waals surface area contributed by atoms with Crippen molar-refractivity contribution in [2.24, 2.45) is 0 Å². The van der Waals surface area contributed by atoms with E-state index in [4.69, 9.17) is 0 Å². The Labute approximate surface area is 115 Å². The minimum absolute atomic E-state index is 0.329. The monoisotopic (exact) mass is 254 g/mol. The number of nitrogens with one attached hydrogen (secondary N) is 1. The van der Waals surface area contributed by atoms with Crippen LogP contribution in [0.4, 0.5) is 0 Å². The van der Waals surface area contributed by atoms with Gasteiger partial charge >= 0.3 is 0 Å². The summed E-state index contributed by atoms with van der Waals surface area (Å²) in [6, 6.07) is 11.6. The second kappa shape index (κ2) is 4.76. The lowest BCUT2D eigenvalue weighted by Gasteiger charge is -2.20. The molecule has 0 spiro atoms. The first-order chi connectivity index (χ1) is 9.15. The largest absolute Gasteiger partial charge is 0.319 e. The lowest BCUT2D eigenvalue weighted by molar-refractivity contribution is 0.698. The van der Waals surface area contributed by atoms with Gasteiger partial charge in [-0.2, -0.15) is 0 Å². The van der Waals surface area contributed by atoms with Crippen LogP contribution in [-0.4, -0.2) is 4.68 Å². The summed E-state index contributed by atoms with van der Waals surface area (Å²) < 4.78 is 2.18. The minimum atomic E-state index is 0.329. The highest BCUT2D eigenvalue weighted by Gasteiger charge is 2.14. The Morgan fingerprint density at radius 1 is 1.00 bits per heavy atom. The van der Waals surface area contributed by atoms with Gasteiger partial charge in [0.1, 0.15) is 0 Å². The summed E-state index contributed by atoms with van der Waals surface area (Å²) in [5, 5.41) is 0. The number of fused-ring (bicyclic) bond motifs is 1. The highest BCUT2D eigenvalue weighted by molar-refractivity contribution is 5.37. The van der Waals surface area contributed by atoms with Gasteiger partial charge in [0.25, 0.3) is 0 Å². The quantitative estimate of drug-likeness (QED) is 0.879. The third kappa shape index (κ3) is 2.27. The molecule has 1 atom stereocenters. The molecule has 1 heterocycles. The predicted molar refractivity (Wildman–Crippen MR) is 80.1 cm³/mol. The first-order valence-corrected chi connectivity index (χ1v) is 7.18. The molecular weight excluding hydrogens is 232 g/mol. The molecule has 0 bridgehead atoms. The zero-order valence-corrected chi connectivity index (χ0v) is 12.0. The molecule has 0 saturated carbocycles. The Morgan fingerprint density at radius 2 is 1.68 bits per heavy atom. The Bertz CT molecular complexity index is 576. The van der Waals surface area contributed by atoms with Crippen LogP contribution < -0.4 is 5.43 Å². The average molecular weight is 254 g/mol. The number of hydrogen-bond donors (Lipinski definition) is 1. The molecular formula is C17H22N2. The average Bonchev–Trinajstić information content (AvgIpc) is 2.99. The van der Waals surface area contributed by atoms with E-state index in [0.29, 0.717) is 6.04 Å². The van der Waals surface area contributed by atoms with E-state index in [-0.39, 0.29) is 0 Å². The van der Waals surface area contributed by atoms with Crippen LogP contribution in [0.2, 0.25) is 0 Å².